The van der Waals surface area contributed by atoms with Gasteiger partial charge in [-0.05, 0) is 19.1 Å². The molecule has 7 heteroatoms. The van der Waals surface area contributed by atoms with Gasteiger partial charge in [-0.2, -0.15) is 0 Å². The number of halogens is 1. The van der Waals surface area contributed by atoms with Crippen LogP contribution in [-0.4, -0.2) is 12.6 Å². The third-order valence-electron chi connectivity index (χ3n) is 1.92. The van der Waals surface area contributed by atoms with Gasteiger partial charge in [-0.25, -0.2) is 10.6 Å². The Hall–Kier alpha value is -1.37. The van der Waals surface area contributed by atoms with E-state index in [0.717, 1.165) is 16.7 Å². The molecule has 98 valence electrons. The topological polar surface area (TPSA) is 90.4 Å². The molecule has 0 spiro atoms. The Bertz CT molecular complexity index is 465. The van der Waals surface area contributed by atoms with Crippen LogP contribution in [-0.2, 0) is 9.53 Å². The van der Waals surface area contributed by atoms with Crippen molar-refractivity contribution in [2.45, 2.75) is 11.8 Å². The molecule has 0 aliphatic carbocycles. The highest BCUT2D eigenvalue weighted by Gasteiger charge is 2.14. The highest BCUT2D eigenvalue weighted by Crippen LogP contribution is 2.31. The fraction of sp³-hybridized carbons (Fsp3) is 0.182. The van der Waals surface area contributed by atoms with E-state index in [4.69, 9.17) is 27.9 Å². The standard InChI is InChI=1S/C11H14ClN3O2S/c1-2-17-11(16)9(13)10(15-14)18-8-6-4-3-5-7(8)12/h3-6,15H,2,13-14H2,1H3/b10-9+. The lowest BCUT2D eigenvalue weighted by molar-refractivity contribution is -0.138. The maximum Gasteiger partial charge on any atom is 0.356 e. The third-order valence-corrected chi connectivity index (χ3v) is 3.48. The minimum atomic E-state index is -0.620. The van der Waals surface area contributed by atoms with Crippen molar-refractivity contribution in [3.05, 3.63) is 40.0 Å². The summed E-state index contributed by atoms with van der Waals surface area (Å²) in [4.78, 5) is 12.2. The molecule has 0 radical (unpaired) electrons. The van der Waals surface area contributed by atoms with Crippen molar-refractivity contribution in [2.75, 3.05) is 6.61 Å². The molecule has 1 aromatic carbocycles. The van der Waals surface area contributed by atoms with Gasteiger partial charge in [0.1, 0.15) is 10.7 Å². The molecular weight excluding hydrogens is 274 g/mol. The van der Waals surface area contributed by atoms with E-state index in [9.17, 15) is 4.79 Å². The van der Waals surface area contributed by atoms with Gasteiger partial charge >= 0.3 is 5.97 Å². The molecule has 0 amide bonds. The number of rotatable bonds is 5. The predicted octanol–water partition coefficient (Wildman–Crippen LogP) is 1.59. The van der Waals surface area contributed by atoms with Gasteiger partial charge in [-0.15, -0.1) is 0 Å². The van der Waals surface area contributed by atoms with E-state index >= 15 is 0 Å². The number of thioether (sulfide) groups is 1. The lowest BCUT2D eigenvalue weighted by Crippen LogP contribution is -2.27. The van der Waals surface area contributed by atoms with Crippen LogP contribution in [0.5, 0.6) is 0 Å². The van der Waals surface area contributed by atoms with Gasteiger partial charge < -0.3 is 15.9 Å². The molecule has 0 unspecified atom stereocenters. The highest BCUT2D eigenvalue weighted by atomic mass is 35.5. The van der Waals surface area contributed by atoms with E-state index in [1.54, 1.807) is 25.1 Å². The van der Waals surface area contributed by atoms with Crippen molar-refractivity contribution in [2.24, 2.45) is 11.6 Å². The first kappa shape index (κ1) is 14.7. The van der Waals surface area contributed by atoms with E-state index in [-0.39, 0.29) is 12.3 Å². The van der Waals surface area contributed by atoms with E-state index in [2.05, 4.69) is 5.43 Å². The largest absolute Gasteiger partial charge is 0.461 e. The number of hydrogen-bond acceptors (Lipinski definition) is 6. The van der Waals surface area contributed by atoms with Gasteiger partial charge in [0, 0.05) is 4.90 Å². The quantitative estimate of drug-likeness (QED) is 0.250. The first-order valence-corrected chi connectivity index (χ1v) is 6.35. The van der Waals surface area contributed by atoms with Crippen LogP contribution < -0.4 is 17.0 Å². The Balaban J connectivity index is 2.94. The number of nitrogens with one attached hydrogen (secondary N) is 1. The Kier molecular flexibility index (Phi) is 5.84. The summed E-state index contributed by atoms with van der Waals surface area (Å²) in [5, 5.41) is 0.841. The molecule has 0 aliphatic heterocycles. The van der Waals surface area contributed by atoms with Crippen LogP contribution in [0.3, 0.4) is 0 Å². The maximum atomic E-state index is 11.5. The van der Waals surface area contributed by atoms with Crippen molar-refractivity contribution in [1.82, 2.24) is 5.43 Å². The second-order valence-electron chi connectivity index (χ2n) is 3.14. The van der Waals surface area contributed by atoms with E-state index < -0.39 is 5.97 Å². The average Bonchev–Trinajstić information content (AvgIpc) is 2.37. The van der Waals surface area contributed by atoms with E-state index in [1.165, 1.54) is 0 Å². The summed E-state index contributed by atoms with van der Waals surface area (Å²) in [6, 6.07) is 7.16. The van der Waals surface area contributed by atoms with Crippen LogP contribution in [0.4, 0.5) is 0 Å². The number of benzene rings is 1. The predicted molar refractivity (Wildman–Crippen MR) is 72.5 cm³/mol. The normalized spacial score (nSPS) is 11.7. The molecule has 0 heterocycles. The van der Waals surface area contributed by atoms with Crippen molar-refractivity contribution in [3.63, 3.8) is 0 Å². The van der Waals surface area contributed by atoms with Gasteiger partial charge in [0.05, 0.1) is 11.6 Å². The Morgan fingerprint density at radius 1 is 1.50 bits per heavy atom. The van der Waals surface area contributed by atoms with Gasteiger partial charge in [-0.3, -0.25) is 0 Å². The van der Waals surface area contributed by atoms with Crippen molar-refractivity contribution in [3.8, 4) is 0 Å². The Labute approximate surface area is 114 Å². The number of nitrogens with two attached hydrogens (primary N) is 2. The second kappa shape index (κ2) is 7.15. The zero-order chi connectivity index (χ0) is 13.5. The van der Waals surface area contributed by atoms with Crippen LogP contribution in [0.25, 0.3) is 0 Å². The molecule has 5 nitrogen and oxygen atoms in total. The smallest absolute Gasteiger partial charge is 0.356 e. The van der Waals surface area contributed by atoms with Crippen molar-refractivity contribution < 1.29 is 9.53 Å². The fourth-order valence-electron chi connectivity index (χ4n) is 1.10. The SMILES string of the molecule is CCOC(=O)/C(N)=C(/NN)Sc1ccccc1Cl. The summed E-state index contributed by atoms with van der Waals surface area (Å²) < 4.78 is 4.79. The summed E-state index contributed by atoms with van der Waals surface area (Å²) in [5.74, 6) is 4.73. The third kappa shape index (κ3) is 3.83. The lowest BCUT2D eigenvalue weighted by atomic mass is 10.4. The summed E-state index contributed by atoms with van der Waals surface area (Å²) in [6.45, 7) is 1.94. The van der Waals surface area contributed by atoms with Gasteiger partial charge in [-0.1, -0.05) is 35.5 Å². The van der Waals surface area contributed by atoms with Crippen molar-refractivity contribution in [1.29, 1.82) is 0 Å². The first-order valence-electron chi connectivity index (χ1n) is 5.16. The van der Waals surface area contributed by atoms with Gasteiger partial charge in [0.2, 0.25) is 0 Å². The number of hydrogen-bond donors (Lipinski definition) is 3. The minimum Gasteiger partial charge on any atom is -0.461 e. The number of esters is 1. The molecule has 0 aliphatic rings. The molecule has 0 fully saturated rings. The van der Waals surface area contributed by atoms with E-state index in [1.807, 2.05) is 6.07 Å². The zero-order valence-corrected chi connectivity index (χ0v) is 11.3. The molecular formula is C11H14ClN3O2S. The maximum absolute atomic E-state index is 11.5. The van der Waals surface area contributed by atoms with Gasteiger partial charge in [0.15, 0.2) is 0 Å². The molecule has 0 saturated heterocycles. The van der Waals surface area contributed by atoms with Crippen LogP contribution >= 0.6 is 23.4 Å². The number of carbonyl (C=O) groups is 1. The second-order valence-corrected chi connectivity index (χ2v) is 4.60. The molecule has 1 rings (SSSR count). The molecule has 0 atom stereocenters. The fourth-order valence-corrected chi connectivity index (χ4v) is 2.14. The number of carbonyl (C=O) groups excluding carboxylic acids is 1. The number of hydrazine groups is 1. The molecule has 5 N–H and O–H groups in total. The van der Waals surface area contributed by atoms with Crippen molar-refractivity contribution >= 4 is 29.3 Å². The summed E-state index contributed by atoms with van der Waals surface area (Å²) >= 11 is 7.17. The minimum absolute atomic E-state index is 0.0794. The summed E-state index contributed by atoms with van der Waals surface area (Å²) in [6.07, 6.45) is 0. The summed E-state index contributed by atoms with van der Waals surface area (Å²) in [7, 11) is 0. The first-order chi connectivity index (χ1) is 8.60. The number of ether oxygens (including phenoxy) is 1. The monoisotopic (exact) mass is 287 g/mol. The Morgan fingerprint density at radius 3 is 2.72 bits per heavy atom. The summed E-state index contributed by atoms with van der Waals surface area (Å²) in [5.41, 5.74) is 7.95. The molecule has 0 aromatic heterocycles. The van der Waals surface area contributed by atoms with Crippen LogP contribution in [0, 0.1) is 0 Å². The van der Waals surface area contributed by atoms with Crippen LogP contribution in [0.2, 0.25) is 5.02 Å². The van der Waals surface area contributed by atoms with E-state index in [0.29, 0.717) is 10.1 Å². The molecule has 18 heavy (non-hydrogen) atoms. The molecule has 1 aromatic rings. The Morgan fingerprint density at radius 2 is 2.17 bits per heavy atom. The molecule has 0 saturated carbocycles. The zero-order valence-electron chi connectivity index (χ0n) is 9.77. The molecule has 0 bridgehead atoms. The average molecular weight is 288 g/mol. The highest BCUT2D eigenvalue weighted by molar-refractivity contribution is 8.03. The van der Waals surface area contributed by atoms with Gasteiger partial charge in [0.25, 0.3) is 0 Å². The van der Waals surface area contributed by atoms with Crippen LogP contribution in [0.15, 0.2) is 39.9 Å². The lowest BCUT2D eigenvalue weighted by Gasteiger charge is -2.10. The van der Waals surface area contributed by atoms with Crippen LogP contribution in [0.1, 0.15) is 6.92 Å².